The van der Waals surface area contributed by atoms with Gasteiger partial charge in [0.05, 0.1) is 11.9 Å². The molecule has 3 aromatic heterocycles. The third kappa shape index (κ3) is 2.40. The number of hydrogen-bond acceptors (Lipinski definition) is 6. The number of aromatic nitrogens is 4. The highest BCUT2D eigenvalue weighted by atomic mass is 16.4. The van der Waals surface area contributed by atoms with Gasteiger partial charge in [0.1, 0.15) is 30.2 Å². The maximum Gasteiger partial charge on any atom is 0.164 e. The van der Waals surface area contributed by atoms with E-state index in [0.717, 1.165) is 5.56 Å². The van der Waals surface area contributed by atoms with Crippen molar-refractivity contribution < 1.29 is 9.52 Å². The monoisotopic (exact) mass is 321 g/mol. The zero-order valence-electron chi connectivity index (χ0n) is 12.8. The molecule has 0 saturated carbocycles. The van der Waals surface area contributed by atoms with Crippen molar-refractivity contribution in [3.63, 3.8) is 0 Å². The first-order chi connectivity index (χ1) is 11.8. The summed E-state index contributed by atoms with van der Waals surface area (Å²) in [5, 5.41) is 14.5. The van der Waals surface area contributed by atoms with Crippen molar-refractivity contribution in [1.82, 2.24) is 19.7 Å². The Hall–Kier alpha value is -3.19. The lowest BCUT2D eigenvalue weighted by atomic mass is 10.2. The van der Waals surface area contributed by atoms with Crippen molar-refractivity contribution >= 4 is 16.9 Å². The predicted octanol–water partition coefficient (Wildman–Crippen LogP) is 2.21. The molecule has 0 amide bonds. The molecule has 4 aromatic rings. The van der Waals surface area contributed by atoms with Crippen LogP contribution in [0.2, 0.25) is 0 Å². The van der Waals surface area contributed by atoms with Gasteiger partial charge in [-0.1, -0.05) is 30.3 Å². The van der Waals surface area contributed by atoms with Gasteiger partial charge in [0.15, 0.2) is 11.4 Å². The van der Waals surface area contributed by atoms with Gasteiger partial charge < -0.3 is 15.3 Å². The van der Waals surface area contributed by atoms with Crippen LogP contribution in [-0.2, 0) is 13.2 Å². The zero-order chi connectivity index (χ0) is 16.5. The largest absolute Gasteiger partial charge is 0.457 e. The first-order valence-corrected chi connectivity index (χ1v) is 7.47. The number of benzene rings is 1. The lowest BCUT2D eigenvalue weighted by Gasteiger charge is -2.02. The normalized spacial score (nSPS) is 11.2. The number of fused-ring (bicyclic) bond motifs is 1. The average molecular weight is 321 g/mol. The zero-order valence-corrected chi connectivity index (χ0v) is 12.8. The van der Waals surface area contributed by atoms with Crippen LogP contribution in [0.1, 0.15) is 11.3 Å². The number of nitrogen functional groups attached to an aromatic ring is 1. The molecule has 0 aliphatic heterocycles. The van der Waals surface area contributed by atoms with Crippen LogP contribution in [0.4, 0.5) is 5.82 Å². The summed E-state index contributed by atoms with van der Waals surface area (Å²) in [7, 11) is 0. The molecule has 0 spiro atoms. The third-order valence-corrected chi connectivity index (χ3v) is 3.78. The minimum absolute atomic E-state index is 0.172. The predicted molar refractivity (Wildman–Crippen MR) is 88.9 cm³/mol. The van der Waals surface area contributed by atoms with Gasteiger partial charge >= 0.3 is 0 Å². The molecule has 3 heterocycles. The fraction of sp³-hybridized carbons (Fsp3) is 0.118. The summed E-state index contributed by atoms with van der Waals surface area (Å²) in [6, 6.07) is 13.4. The second kappa shape index (κ2) is 5.78. The molecule has 0 fully saturated rings. The van der Waals surface area contributed by atoms with Crippen LogP contribution in [-0.4, -0.2) is 24.9 Å². The molecular formula is C17H15N5O2. The molecule has 0 aliphatic rings. The molecule has 0 atom stereocenters. The maximum absolute atomic E-state index is 9.20. The average Bonchev–Trinajstić information content (AvgIpc) is 3.21. The molecule has 7 nitrogen and oxygen atoms in total. The Labute approximate surface area is 137 Å². The Kier molecular flexibility index (Phi) is 3.47. The van der Waals surface area contributed by atoms with Crippen LogP contribution in [0, 0.1) is 0 Å². The van der Waals surface area contributed by atoms with Crippen LogP contribution in [0.3, 0.4) is 0 Å². The van der Waals surface area contributed by atoms with Crippen molar-refractivity contribution in [2.24, 2.45) is 0 Å². The molecule has 7 heteroatoms. The summed E-state index contributed by atoms with van der Waals surface area (Å²) in [4.78, 5) is 8.39. The topological polar surface area (TPSA) is 103 Å². The van der Waals surface area contributed by atoms with Gasteiger partial charge in [0, 0.05) is 0 Å². The number of nitrogens with two attached hydrogens (primary N) is 1. The summed E-state index contributed by atoms with van der Waals surface area (Å²) >= 11 is 0. The highest BCUT2D eigenvalue weighted by molar-refractivity contribution is 5.97. The number of aliphatic hydroxyl groups excluding tert-OH is 1. The van der Waals surface area contributed by atoms with Gasteiger partial charge in [0.25, 0.3) is 0 Å². The highest BCUT2D eigenvalue weighted by Crippen LogP contribution is 2.31. The fourth-order valence-corrected chi connectivity index (χ4v) is 2.66. The van der Waals surface area contributed by atoms with Crippen LogP contribution < -0.4 is 5.73 Å². The Morgan fingerprint density at radius 3 is 2.67 bits per heavy atom. The standard InChI is InChI=1S/C17H15N5O2/c18-16-14-15(13-7-6-12(9-23)24-13)21-22(17(14)20-10-19-16)8-11-4-2-1-3-5-11/h1-7,10,23H,8-9H2,(H2,18,19,20). The van der Waals surface area contributed by atoms with Crippen LogP contribution in [0.25, 0.3) is 22.5 Å². The van der Waals surface area contributed by atoms with Crippen LogP contribution in [0.15, 0.2) is 53.2 Å². The summed E-state index contributed by atoms with van der Waals surface area (Å²) in [6.45, 7) is 0.385. The molecule has 0 radical (unpaired) electrons. The summed E-state index contributed by atoms with van der Waals surface area (Å²) < 4.78 is 7.39. The summed E-state index contributed by atoms with van der Waals surface area (Å²) in [6.07, 6.45) is 1.42. The molecule has 3 N–H and O–H groups in total. The van der Waals surface area contributed by atoms with E-state index in [1.165, 1.54) is 6.33 Å². The Balaban J connectivity index is 1.88. The van der Waals surface area contributed by atoms with Crippen LogP contribution in [0.5, 0.6) is 0 Å². The molecule has 24 heavy (non-hydrogen) atoms. The molecule has 1 aromatic carbocycles. The third-order valence-electron chi connectivity index (χ3n) is 3.78. The van der Waals surface area contributed by atoms with Gasteiger partial charge in [-0.15, -0.1) is 0 Å². The molecule has 0 bridgehead atoms. The number of rotatable bonds is 4. The van der Waals surface area contributed by atoms with Gasteiger partial charge in [0.2, 0.25) is 0 Å². The van der Waals surface area contributed by atoms with E-state index >= 15 is 0 Å². The van der Waals surface area contributed by atoms with E-state index in [1.54, 1.807) is 16.8 Å². The van der Waals surface area contributed by atoms with Crippen molar-refractivity contribution in [3.8, 4) is 11.5 Å². The van der Waals surface area contributed by atoms with Gasteiger partial charge in [-0.05, 0) is 17.7 Å². The first-order valence-electron chi connectivity index (χ1n) is 7.47. The van der Waals surface area contributed by atoms with Crippen molar-refractivity contribution in [2.45, 2.75) is 13.2 Å². The van der Waals surface area contributed by atoms with Gasteiger partial charge in [-0.25, -0.2) is 14.6 Å². The molecule has 0 unspecified atom stereocenters. The Morgan fingerprint density at radius 2 is 1.92 bits per heavy atom. The van der Waals surface area contributed by atoms with E-state index in [0.29, 0.717) is 40.6 Å². The molecular weight excluding hydrogens is 306 g/mol. The molecule has 120 valence electrons. The summed E-state index contributed by atoms with van der Waals surface area (Å²) in [5.74, 6) is 1.33. The van der Waals surface area contributed by atoms with E-state index in [1.807, 2.05) is 30.3 Å². The quantitative estimate of drug-likeness (QED) is 0.597. The Morgan fingerprint density at radius 1 is 1.08 bits per heavy atom. The number of furan rings is 1. The van der Waals surface area contributed by atoms with E-state index in [-0.39, 0.29) is 6.61 Å². The van der Waals surface area contributed by atoms with Crippen molar-refractivity contribution in [1.29, 1.82) is 0 Å². The lowest BCUT2D eigenvalue weighted by molar-refractivity contribution is 0.248. The smallest absolute Gasteiger partial charge is 0.164 e. The van der Waals surface area contributed by atoms with E-state index in [2.05, 4.69) is 15.1 Å². The van der Waals surface area contributed by atoms with E-state index in [4.69, 9.17) is 10.2 Å². The van der Waals surface area contributed by atoms with Crippen molar-refractivity contribution in [2.75, 3.05) is 5.73 Å². The Bertz CT molecular complexity index is 991. The number of hydrogen-bond donors (Lipinski definition) is 2. The molecule has 0 saturated heterocycles. The minimum atomic E-state index is -0.172. The van der Waals surface area contributed by atoms with Gasteiger partial charge in [-0.3, -0.25) is 0 Å². The number of anilines is 1. The van der Waals surface area contributed by atoms with Crippen LogP contribution >= 0.6 is 0 Å². The number of aliphatic hydroxyl groups is 1. The van der Waals surface area contributed by atoms with Gasteiger partial charge in [-0.2, -0.15) is 5.10 Å². The fourth-order valence-electron chi connectivity index (χ4n) is 2.66. The maximum atomic E-state index is 9.20. The summed E-state index contributed by atoms with van der Waals surface area (Å²) in [5.41, 5.74) is 8.35. The number of nitrogens with zero attached hydrogens (tertiary/aromatic N) is 4. The van der Waals surface area contributed by atoms with E-state index < -0.39 is 0 Å². The lowest BCUT2D eigenvalue weighted by Crippen LogP contribution is -2.03. The minimum Gasteiger partial charge on any atom is -0.457 e. The second-order valence-electron chi connectivity index (χ2n) is 5.37. The SMILES string of the molecule is Nc1ncnc2c1c(-c1ccc(CO)o1)nn2Cc1ccccc1. The molecule has 0 aliphatic carbocycles. The van der Waals surface area contributed by atoms with E-state index in [9.17, 15) is 5.11 Å². The first kappa shape index (κ1) is 14.4. The highest BCUT2D eigenvalue weighted by Gasteiger charge is 2.19. The molecule has 4 rings (SSSR count). The van der Waals surface area contributed by atoms with Crippen molar-refractivity contribution in [3.05, 3.63) is 60.1 Å². The second-order valence-corrected chi connectivity index (χ2v) is 5.37.